The lowest BCUT2D eigenvalue weighted by Crippen LogP contribution is -2.50. The molecule has 0 aromatic carbocycles. The lowest BCUT2D eigenvalue weighted by atomic mass is 10.0. The van der Waals surface area contributed by atoms with Crippen LogP contribution in [-0.2, 0) is 0 Å². The largest absolute Gasteiger partial charge is 0.356 e. The molecule has 1 N–H and O–H groups in total. The monoisotopic (exact) mass is 446 g/mol. The minimum Gasteiger partial charge on any atom is -0.356 e. The molecule has 3 aliphatic rings. The van der Waals surface area contributed by atoms with E-state index >= 15 is 0 Å². The third kappa shape index (κ3) is 3.94. The highest BCUT2D eigenvalue weighted by molar-refractivity contribution is 6.00. The van der Waals surface area contributed by atoms with E-state index in [0.717, 1.165) is 63.5 Å². The third-order valence-corrected chi connectivity index (χ3v) is 7.14. The van der Waals surface area contributed by atoms with E-state index in [0.29, 0.717) is 23.1 Å². The predicted molar refractivity (Wildman–Crippen MR) is 126 cm³/mol. The van der Waals surface area contributed by atoms with Gasteiger partial charge in [0.2, 0.25) is 5.95 Å². The van der Waals surface area contributed by atoms with Crippen LogP contribution in [0.3, 0.4) is 0 Å². The summed E-state index contributed by atoms with van der Waals surface area (Å²) in [5.41, 5.74) is 1.23. The first-order valence-corrected chi connectivity index (χ1v) is 11.9. The molecular weight excluding hydrogens is 416 g/mol. The van der Waals surface area contributed by atoms with Crippen molar-refractivity contribution >= 4 is 23.5 Å². The standard InChI is InChI=1S/C24H30N8O/c1-3-26-24-28-14-20-22(29-24)32-16(2)4-5-19(32)15-31(23(20)33)18-7-10-30(11-8-18)21-12-17(13-25)6-9-27-21/h6,9,12,14,16,18-19H,3-5,7-8,10-11,15H2,1-2H3,(H,26,28,29)/t16-,19?/m0/s1. The van der Waals surface area contributed by atoms with Crippen molar-refractivity contribution in [3.63, 3.8) is 0 Å². The highest BCUT2D eigenvalue weighted by atomic mass is 16.2. The van der Waals surface area contributed by atoms with E-state index < -0.39 is 0 Å². The Kier molecular flexibility index (Phi) is 5.75. The molecule has 2 saturated heterocycles. The molecule has 2 aromatic rings. The van der Waals surface area contributed by atoms with Crippen LogP contribution in [0, 0.1) is 11.3 Å². The first-order valence-electron chi connectivity index (χ1n) is 11.9. The van der Waals surface area contributed by atoms with Gasteiger partial charge in [0.25, 0.3) is 5.91 Å². The van der Waals surface area contributed by atoms with Gasteiger partial charge in [0.1, 0.15) is 17.2 Å². The molecule has 2 fully saturated rings. The van der Waals surface area contributed by atoms with Gasteiger partial charge < -0.3 is 20.0 Å². The molecule has 0 radical (unpaired) electrons. The number of hydrogen-bond acceptors (Lipinski definition) is 8. The van der Waals surface area contributed by atoms with Crippen LogP contribution in [0.5, 0.6) is 0 Å². The quantitative estimate of drug-likeness (QED) is 0.765. The highest BCUT2D eigenvalue weighted by Gasteiger charge is 2.42. The average Bonchev–Trinajstić information content (AvgIpc) is 3.16. The zero-order valence-electron chi connectivity index (χ0n) is 19.2. The molecule has 2 aromatic heterocycles. The summed E-state index contributed by atoms with van der Waals surface area (Å²) in [6.45, 7) is 7.32. The summed E-state index contributed by atoms with van der Waals surface area (Å²) in [6.07, 6.45) is 7.30. The molecule has 3 aliphatic heterocycles. The lowest BCUT2D eigenvalue weighted by molar-refractivity contribution is 0.0645. The Morgan fingerprint density at radius 1 is 1.18 bits per heavy atom. The van der Waals surface area contributed by atoms with Crippen LogP contribution in [0.2, 0.25) is 0 Å². The Hall–Kier alpha value is -3.41. The Morgan fingerprint density at radius 2 is 2.00 bits per heavy atom. The first kappa shape index (κ1) is 21.4. The smallest absolute Gasteiger partial charge is 0.259 e. The van der Waals surface area contributed by atoms with Crippen LogP contribution in [-0.4, -0.2) is 70.1 Å². The van der Waals surface area contributed by atoms with Gasteiger partial charge in [-0.3, -0.25) is 4.79 Å². The number of fused-ring (bicyclic) bond motifs is 3. The van der Waals surface area contributed by atoms with E-state index in [9.17, 15) is 10.1 Å². The van der Waals surface area contributed by atoms with Gasteiger partial charge >= 0.3 is 0 Å². The molecule has 0 spiro atoms. The van der Waals surface area contributed by atoms with Crippen molar-refractivity contribution in [2.24, 2.45) is 0 Å². The number of carbonyl (C=O) groups is 1. The number of nitrogens with zero attached hydrogens (tertiary/aromatic N) is 7. The number of aromatic nitrogens is 3. The minimum atomic E-state index is 0.0395. The number of nitriles is 1. The number of rotatable bonds is 4. The second kappa shape index (κ2) is 8.85. The number of carbonyl (C=O) groups excluding carboxylic acids is 1. The number of anilines is 3. The van der Waals surface area contributed by atoms with Gasteiger partial charge in [0.05, 0.1) is 11.6 Å². The van der Waals surface area contributed by atoms with Crippen LogP contribution < -0.4 is 15.1 Å². The Labute approximate surface area is 194 Å². The maximum Gasteiger partial charge on any atom is 0.259 e. The number of amides is 1. The Balaban J connectivity index is 1.38. The highest BCUT2D eigenvalue weighted by Crippen LogP contribution is 2.37. The van der Waals surface area contributed by atoms with E-state index in [1.165, 1.54) is 0 Å². The van der Waals surface area contributed by atoms with Crippen LogP contribution in [0.25, 0.3) is 0 Å². The molecule has 0 saturated carbocycles. The van der Waals surface area contributed by atoms with Gasteiger partial charge in [-0.1, -0.05) is 0 Å². The van der Waals surface area contributed by atoms with Crippen molar-refractivity contribution in [1.29, 1.82) is 5.26 Å². The zero-order valence-corrected chi connectivity index (χ0v) is 19.2. The molecule has 9 heteroatoms. The maximum atomic E-state index is 13.7. The molecule has 0 aliphatic carbocycles. The molecular formula is C24H30N8O. The molecule has 2 atom stereocenters. The summed E-state index contributed by atoms with van der Waals surface area (Å²) in [6, 6.07) is 6.55. The van der Waals surface area contributed by atoms with E-state index in [1.54, 1.807) is 18.5 Å². The molecule has 172 valence electrons. The molecule has 33 heavy (non-hydrogen) atoms. The van der Waals surface area contributed by atoms with Gasteiger partial charge in [-0.15, -0.1) is 0 Å². The topological polar surface area (TPSA) is 101 Å². The maximum absolute atomic E-state index is 13.7. The summed E-state index contributed by atoms with van der Waals surface area (Å²) < 4.78 is 0. The van der Waals surface area contributed by atoms with Crippen molar-refractivity contribution in [3.05, 3.63) is 35.7 Å². The number of nitrogens with one attached hydrogen (secondary N) is 1. The van der Waals surface area contributed by atoms with Crippen molar-refractivity contribution in [2.75, 3.05) is 41.3 Å². The number of hydrogen-bond donors (Lipinski definition) is 1. The predicted octanol–water partition coefficient (Wildman–Crippen LogP) is 2.66. The fourth-order valence-corrected chi connectivity index (χ4v) is 5.44. The van der Waals surface area contributed by atoms with Crippen LogP contribution in [0.1, 0.15) is 55.5 Å². The van der Waals surface area contributed by atoms with E-state index in [-0.39, 0.29) is 18.0 Å². The average molecular weight is 447 g/mol. The van der Waals surface area contributed by atoms with Crippen molar-refractivity contribution in [1.82, 2.24) is 19.9 Å². The molecule has 1 amide bonds. The second-order valence-corrected chi connectivity index (χ2v) is 9.14. The van der Waals surface area contributed by atoms with Crippen LogP contribution >= 0.6 is 0 Å². The summed E-state index contributed by atoms with van der Waals surface area (Å²) in [5.74, 6) is 2.23. The summed E-state index contributed by atoms with van der Waals surface area (Å²) >= 11 is 0. The summed E-state index contributed by atoms with van der Waals surface area (Å²) in [7, 11) is 0. The second-order valence-electron chi connectivity index (χ2n) is 9.14. The SMILES string of the molecule is CCNc1ncc2c(n1)N1C(CC[C@@H]1C)CN(C1CCN(c3cc(C#N)ccn3)CC1)C2=O. The van der Waals surface area contributed by atoms with E-state index in [2.05, 4.69) is 43.0 Å². The van der Waals surface area contributed by atoms with Gasteiger partial charge in [-0.2, -0.15) is 10.2 Å². The van der Waals surface area contributed by atoms with Crippen molar-refractivity contribution in [2.45, 2.75) is 57.7 Å². The van der Waals surface area contributed by atoms with Crippen LogP contribution in [0.4, 0.5) is 17.6 Å². The van der Waals surface area contributed by atoms with Gasteiger partial charge in [0, 0.05) is 56.7 Å². The third-order valence-electron chi connectivity index (χ3n) is 7.14. The summed E-state index contributed by atoms with van der Waals surface area (Å²) in [5, 5.41) is 12.4. The molecule has 1 unspecified atom stereocenters. The number of piperidine rings is 1. The molecule has 0 bridgehead atoms. The van der Waals surface area contributed by atoms with Gasteiger partial charge in [-0.25, -0.2) is 9.97 Å². The van der Waals surface area contributed by atoms with Gasteiger partial charge in [-0.05, 0) is 51.7 Å². The normalized spacial score (nSPS) is 23.1. The summed E-state index contributed by atoms with van der Waals surface area (Å²) in [4.78, 5) is 34.0. The Morgan fingerprint density at radius 3 is 2.76 bits per heavy atom. The van der Waals surface area contributed by atoms with E-state index in [1.807, 2.05) is 13.0 Å². The number of pyridine rings is 1. The Bertz CT molecular complexity index is 1070. The minimum absolute atomic E-state index is 0.0395. The van der Waals surface area contributed by atoms with Crippen LogP contribution in [0.15, 0.2) is 24.5 Å². The lowest BCUT2D eigenvalue weighted by Gasteiger charge is -2.39. The fourth-order valence-electron chi connectivity index (χ4n) is 5.44. The molecule has 5 rings (SSSR count). The first-order chi connectivity index (χ1) is 16.1. The van der Waals surface area contributed by atoms with Crippen molar-refractivity contribution < 1.29 is 4.79 Å². The fraction of sp³-hybridized carbons (Fsp3) is 0.542. The van der Waals surface area contributed by atoms with Crippen molar-refractivity contribution in [3.8, 4) is 6.07 Å². The zero-order chi connectivity index (χ0) is 22.9. The molecule has 9 nitrogen and oxygen atoms in total. The molecule has 5 heterocycles. The van der Waals surface area contributed by atoms with E-state index in [4.69, 9.17) is 4.98 Å². The van der Waals surface area contributed by atoms with Gasteiger partial charge in [0.15, 0.2) is 0 Å².